The molecule has 1 N–H and O–H groups in total. The fraction of sp³-hybridized carbons (Fsp3) is 0.800. The molecule has 0 amide bonds. The van der Waals surface area contributed by atoms with Crippen LogP contribution in [0.5, 0.6) is 0 Å². The maximum atomic E-state index is 12.7. The zero-order chi connectivity index (χ0) is 12.6. The quantitative estimate of drug-likeness (QED) is 0.699. The van der Waals surface area contributed by atoms with Gasteiger partial charge in [0.05, 0.1) is 6.10 Å². The lowest BCUT2D eigenvalue weighted by molar-refractivity contribution is -0.126. The number of hydrogen-bond acceptors (Lipinski definition) is 2. The third-order valence-corrected chi connectivity index (χ3v) is 5.91. The second-order valence-electron chi connectivity index (χ2n) is 7.31. The van der Waals surface area contributed by atoms with Crippen LogP contribution in [0.25, 0.3) is 0 Å². The molecule has 0 aromatic carbocycles. The van der Waals surface area contributed by atoms with Gasteiger partial charge in [0.2, 0.25) is 0 Å². The molecule has 17 heavy (non-hydrogen) atoms. The Kier molecular flexibility index (Phi) is 1.92. The Balaban J connectivity index is 2.17. The van der Waals surface area contributed by atoms with Gasteiger partial charge < -0.3 is 5.11 Å². The molecule has 0 spiro atoms. The van der Waals surface area contributed by atoms with E-state index in [0.29, 0.717) is 5.78 Å². The second-order valence-corrected chi connectivity index (χ2v) is 7.31. The molecule has 1 saturated carbocycles. The highest BCUT2D eigenvalue weighted by Gasteiger charge is 2.65. The number of fused-ring (bicyclic) bond motifs is 2. The maximum Gasteiger partial charge on any atom is 0.165 e. The third-order valence-electron chi connectivity index (χ3n) is 5.91. The van der Waals surface area contributed by atoms with Crippen molar-refractivity contribution in [2.45, 2.75) is 59.5 Å². The molecule has 94 valence electrons. The third kappa shape index (κ3) is 1.04. The Morgan fingerprint density at radius 1 is 1.12 bits per heavy atom. The molecule has 0 aromatic heterocycles. The predicted octanol–water partition coefficient (Wildman–Crippen LogP) is 2.85. The van der Waals surface area contributed by atoms with Gasteiger partial charge in [-0.05, 0) is 35.8 Å². The molecule has 0 aromatic rings. The van der Waals surface area contributed by atoms with Crippen LogP contribution < -0.4 is 0 Å². The van der Waals surface area contributed by atoms with Gasteiger partial charge in [-0.2, -0.15) is 0 Å². The number of allylic oxidation sites excluding steroid dienone is 1. The van der Waals surface area contributed by atoms with Gasteiger partial charge in [0.25, 0.3) is 0 Å². The van der Waals surface area contributed by atoms with Crippen LogP contribution in [-0.2, 0) is 4.79 Å². The molecule has 3 aliphatic carbocycles. The van der Waals surface area contributed by atoms with E-state index in [2.05, 4.69) is 27.7 Å². The Labute approximate surface area is 103 Å². The average Bonchev–Trinajstić information content (AvgIpc) is 2.70. The average molecular weight is 234 g/mol. The zero-order valence-electron chi connectivity index (χ0n) is 11.3. The van der Waals surface area contributed by atoms with Gasteiger partial charge >= 0.3 is 0 Å². The van der Waals surface area contributed by atoms with E-state index < -0.39 is 6.10 Å². The molecule has 0 radical (unpaired) electrons. The molecule has 3 rings (SSSR count). The molecule has 0 saturated heterocycles. The van der Waals surface area contributed by atoms with Crippen molar-refractivity contribution in [2.75, 3.05) is 0 Å². The summed E-state index contributed by atoms with van der Waals surface area (Å²) in [4.78, 5) is 12.7. The van der Waals surface area contributed by atoms with Crippen molar-refractivity contribution < 1.29 is 9.90 Å². The summed E-state index contributed by atoms with van der Waals surface area (Å²) < 4.78 is 0. The zero-order valence-corrected chi connectivity index (χ0v) is 11.3. The van der Waals surface area contributed by atoms with Crippen molar-refractivity contribution in [3.63, 3.8) is 0 Å². The van der Waals surface area contributed by atoms with Gasteiger partial charge in [-0.1, -0.05) is 34.1 Å². The highest BCUT2D eigenvalue weighted by molar-refractivity contribution is 6.05. The van der Waals surface area contributed by atoms with Crippen LogP contribution in [0.4, 0.5) is 0 Å². The van der Waals surface area contributed by atoms with Crippen LogP contribution in [0.1, 0.15) is 53.4 Å². The maximum absolute atomic E-state index is 12.7. The minimum absolute atomic E-state index is 0.0768. The van der Waals surface area contributed by atoms with Crippen molar-refractivity contribution in [1.29, 1.82) is 0 Å². The van der Waals surface area contributed by atoms with Crippen molar-refractivity contribution in [3.8, 4) is 0 Å². The predicted molar refractivity (Wildman–Crippen MR) is 66.5 cm³/mol. The van der Waals surface area contributed by atoms with Crippen LogP contribution in [0.15, 0.2) is 11.1 Å². The first-order chi connectivity index (χ1) is 7.74. The number of carbonyl (C=O) groups excluding carboxylic acids is 1. The van der Waals surface area contributed by atoms with Crippen LogP contribution in [-0.4, -0.2) is 17.0 Å². The van der Waals surface area contributed by atoms with Crippen molar-refractivity contribution in [1.82, 2.24) is 0 Å². The summed E-state index contributed by atoms with van der Waals surface area (Å²) in [6.07, 6.45) is 3.49. The standard InChI is InChI=1S/C15H22O2/c1-13(2)8-9-10(12(13)17)14(3)6-5-7-15(14,4)11(9)16/h12,17H,5-8H2,1-4H3/t12-,14-,15+/m0/s1. The molecular formula is C15H22O2. The van der Waals surface area contributed by atoms with Crippen LogP contribution in [0.2, 0.25) is 0 Å². The molecular weight excluding hydrogens is 212 g/mol. The van der Waals surface area contributed by atoms with Crippen LogP contribution in [0, 0.1) is 16.2 Å². The van der Waals surface area contributed by atoms with Gasteiger partial charge in [0.1, 0.15) is 0 Å². The number of rotatable bonds is 0. The van der Waals surface area contributed by atoms with Gasteiger partial charge in [0.15, 0.2) is 5.78 Å². The van der Waals surface area contributed by atoms with Gasteiger partial charge in [0, 0.05) is 10.8 Å². The molecule has 0 bridgehead atoms. The summed E-state index contributed by atoms with van der Waals surface area (Å²) in [7, 11) is 0. The van der Waals surface area contributed by atoms with E-state index in [0.717, 1.165) is 36.8 Å². The summed E-state index contributed by atoms with van der Waals surface area (Å²) in [5.74, 6) is 0.331. The summed E-state index contributed by atoms with van der Waals surface area (Å²) in [6, 6.07) is 0. The molecule has 2 nitrogen and oxygen atoms in total. The highest BCUT2D eigenvalue weighted by atomic mass is 16.3. The lowest BCUT2D eigenvalue weighted by Gasteiger charge is -2.40. The molecule has 0 unspecified atom stereocenters. The Morgan fingerprint density at radius 3 is 2.35 bits per heavy atom. The van der Waals surface area contributed by atoms with E-state index in [1.54, 1.807) is 0 Å². The number of hydrogen-bond donors (Lipinski definition) is 1. The van der Waals surface area contributed by atoms with Crippen molar-refractivity contribution in [2.24, 2.45) is 16.2 Å². The van der Waals surface area contributed by atoms with Gasteiger partial charge in [-0.3, -0.25) is 4.79 Å². The number of ketones is 1. The van der Waals surface area contributed by atoms with E-state index in [9.17, 15) is 9.90 Å². The van der Waals surface area contributed by atoms with Crippen LogP contribution in [0.3, 0.4) is 0 Å². The normalized spacial score (nSPS) is 47.6. The number of Topliss-reactive ketones (excluding diaryl/α,β-unsaturated/α-hetero) is 1. The topological polar surface area (TPSA) is 37.3 Å². The molecule has 3 atom stereocenters. The number of aliphatic hydroxyl groups is 1. The monoisotopic (exact) mass is 234 g/mol. The lowest BCUT2D eigenvalue weighted by atomic mass is 9.63. The SMILES string of the molecule is CC1(C)CC2=C([C@@H]1O)[C@]1(C)CCC[C@]1(C)C2=O. The summed E-state index contributed by atoms with van der Waals surface area (Å²) >= 11 is 0. The largest absolute Gasteiger partial charge is 0.388 e. The van der Waals surface area contributed by atoms with Crippen molar-refractivity contribution >= 4 is 5.78 Å². The summed E-state index contributed by atoms with van der Waals surface area (Å²) in [6.45, 7) is 8.45. The van der Waals surface area contributed by atoms with Gasteiger partial charge in [-0.15, -0.1) is 0 Å². The van der Waals surface area contributed by atoms with E-state index in [4.69, 9.17) is 0 Å². The first kappa shape index (κ1) is 11.5. The Morgan fingerprint density at radius 2 is 1.71 bits per heavy atom. The minimum atomic E-state index is -0.425. The Bertz CT molecular complexity index is 446. The number of aliphatic hydroxyl groups excluding tert-OH is 1. The second kappa shape index (κ2) is 2.85. The molecule has 3 aliphatic rings. The van der Waals surface area contributed by atoms with E-state index in [1.807, 2.05) is 0 Å². The molecule has 0 aliphatic heterocycles. The number of carbonyl (C=O) groups is 1. The summed E-state index contributed by atoms with van der Waals surface area (Å²) in [5.41, 5.74) is 1.59. The van der Waals surface area contributed by atoms with Crippen LogP contribution >= 0.6 is 0 Å². The summed E-state index contributed by atoms with van der Waals surface area (Å²) in [5, 5.41) is 10.6. The first-order valence-corrected chi connectivity index (χ1v) is 6.70. The van der Waals surface area contributed by atoms with Gasteiger partial charge in [-0.25, -0.2) is 0 Å². The smallest absolute Gasteiger partial charge is 0.165 e. The lowest BCUT2D eigenvalue weighted by Crippen LogP contribution is -2.41. The first-order valence-electron chi connectivity index (χ1n) is 6.70. The van der Waals surface area contributed by atoms with E-state index in [-0.39, 0.29) is 16.2 Å². The van der Waals surface area contributed by atoms with E-state index >= 15 is 0 Å². The molecule has 1 fully saturated rings. The minimum Gasteiger partial charge on any atom is -0.388 e. The Hall–Kier alpha value is -0.630. The highest BCUT2D eigenvalue weighted by Crippen LogP contribution is 2.68. The van der Waals surface area contributed by atoms with Crippen molar-refractivity contribution in [3.05, 3.63) is 11.1 Å². The fourth-order valence-corrected chi connectivity index (χ4v) is 4.52. The molecule has 2 heteroatoms. The fourth-order valence-electron chi connectivity index (χ4n) is 4.52. The van der Waals surface area contributed by atoms with E-state index in [1.165, 1.54) is 0 Å². The molecule has 0 heterocycles.